The minimum atomic E-state index is -0.127. The predicted molar refractivity (Wildman–Crippen MR) is 138 cm³/mol. The number of para-hydroxylation sites is 1. The average molecular weight is 442 g/mol. The molecule has 0 bridgehead atoms. The highest BCUT2D eigenvalue weighted by molar-refractivity contribution is 5.99. The summed E-state index contributed by atoms with van der Waals surface area (Å²) in [5, 5.41) is 2.87. The third-order valence-corrected chi connectivity index (χ3v) is 6.21. The van der Waals surface area contributed by atoms with Crippen molar-refractivity contribution < 1.29 is 4.79 Å². The molecule has 1 aliphatic carbocycles. The number of hydrogen-bond acceptors (Lipinski definition) is 2. The van der Waals surface area contributed by atoms with Crippen LogP contribution in [0.4, 0.5) is 5.69 Å². The highest BCUT2D eigenvalue weighted by Crippen LogP contribution is 2.45. The summed E-state index contributed by atoms with van der Waals surface area (Å²) in [5.74, 6) is -0.127. The largest absolute Gasteiger partial charge is 0.330 e. The molecule has 1 aromatic heterocycles. The number of rotatable bonds is 7. The van der Waals surface area contributed by atoms with Crippen LogP contribution in [0.15, 0.2) is 108 Å². The zero-order chi connectivity index (χ0) is 23.8. The van der Waals surface area contributed by atoms with Gasteiger partial charge in [0.05, 0.1) is 12.4 Å². The normalized spacial score (nSPS) is 19.5. The van der Waals surface area contributed by atoms with Crippen LogP contribution in [0.3, 0.4) is 0 Å². The lowest BCUT2D eigenvalue weighted by molar-refractivity contribution is -0.111. The standard InChI is InChI=1S/C29H35N3O/c1-22(10-9-11-23(2)20-28(33)31-25-12-7-6-8-13-25)14-15-26-24(3)27(16-17-29(26,4)5)32-19-18-30-21-32/h6-15,18-21,27H,16-17H2,1-5H3,(H,31,33)/b11-9+,15-14+,22-10+,23-20-. The third-order valence-electron chi connectivity index (χ3n) is 6.21. The molecular weight excluding hydrogens is 406 g/mol. The Morgan fingerprint density at radius 3 is 2.61 bits per heavy atom. The van der Waals surface area contributed by atoms with Gasteiger partial charge < -0.3 is 9.88 Å². The fraction of sp³-hybridized carbons (Fsp3) is 0.310. The van der Waals surface area contributed by atoms with Crippen molar-refractivity contribution in [1.82, 2.24) is 9.55 Å². The van der Waals surface area contributed by atoms with Gasteiger partial charge in [-0.25, -0.2) is 4.98 Å². The summed E-state index contributed by atoms with van der Waals surface area (Å²) in [6.45, 7) is 10.9. The second-order valence-corrected chi connectivity index (χ2v) is 9.39. The molecule has 1 heterocycles. The number of amides is 1. The molecule has 172 valence electrons. The molecule has 3 rings (SSSR count). The monoisotopic (exact) mass is 441 g/mol. The number of allylic oxidation sites excluding steroid dienone is 9. The second kappa shape index (κ2) is 11.0. The Bertz CT molecular complexity index is 1100. The number of benzene rings is 1. The Morgan fingerprint density at radius 2 is 1.91 bits per heavy atom. The number of nitrogens with zero attached hydrogens (tertiary/aromatic N) is 2. The van der Waals surface area contributed by atoms with E-state index in [1.54, 1.807) is 6.08 Å². The van der Waals surface area contributed by atoms with E-state index in [-0.39, 0.29) is 11.3 Å². The van der Waals surface area contributed by atoms with Crippen molar-refractivity contribution in [1.29, 1.82) is 0 Å². The van der Waals surface area contributed by atoms with Crippen molar-refractivity contribution in [3.05, 3.63) is 108 Å². The number of carbonyl (C=O) groups excluding carboxylic acids is 1. The number of aromatic nitrogens is 2. The van der Waals surface area contributed by atoms with E-state index in [9.17, 15) is 4.79 Å². The van der Waals surface area contributed by atoms with E-state index < -0.39 is 0 Å². The van der Waals surface area contributed by atoms with E-state index in [0.29, 0.717) is 6.04 Å². The molecule has 0 radical (unpaired) electrons. The molecule has 0 fully saturated rings. The Balaban J connectivity index is 1.66. The van der Waals surface area contributed by atoms with Crippen molar-refractivity contribution in [2.75, 3.05) is 5.32 Å². The summed E-state index contributed by atoms with van der Waals surface area (Å²) >= 11 is 0. The predicted octanol–water partition coefficient (Wildman–Crippen LogP) is 7.20. The van der Waals surface area contributed by atoms with Gasteiger partial charge in [-0.3, -0.25) is 4.79 Å². The van der Waals surface area contributed by atoms with Crippen LogP contribution in [0.1, 0.15) is 53.5 Å². The first kappa shape index (κ1) is 24.2. The van der Waals surface area contributed by atoms with Crippen LogP contribution in [0.5, 0.6) is 0 Å². The molecule has 0 saturated heterocycles. The SMILES string of the molecule is CC1=C(/C=C/C(C)=C/C=C/C(C)=C\C(=O)Nc2ccccc2)C(C)(C)CCC1n1ccnc1. The van der Waals surface area contributed by atoms with Crippen LogP contribution in [-0.4, -0.2) is 15.5 Å². The van der Waals surface area contributed by atoms with Crippen molar-refractivity contribution in [3.8, 4) is 0 Å². The first-order valence-corrected chi connectivity index (χ1v) is 11.5. The van der Waals surface area contributed by atoms with Gasteiger partial charge in [0.15, 0.2) is 0 Å². The molecule has 1 aliphatic rings. The summed E-state index contributed by atoms with van der Waals surface area (Å²) in [4.78, 5) is 16.4. The zero-order valence-electron chi connectivity index (χ0n) is 20.4. The quantitative estimate of drug-likeness (QED) is 0.365. The molecule has 0 aliphatic heterocycles. The Labute approximate surface area is 198 Å². The van der Waals surface area contributed by atoms with Gasteiger partial charge in [0.1, 0.15) is 0 Å². The lowest BCUT2D eigenvalue weighted by Crippen LogP contribution is -2.25. The summed E-state index contributed by atoms with van der Waals surface area (Å²) < 4.78 is 2.22. The van der Waals surface area contributed by atoms with Crippen molar-refractivity contribution in [2.24, 2.45) is 5.41 Å². The van der Waals surface area contributed by atoms with Crippen LogP contribution in [0, 0.1) is 5.41 Å². The van der Waals surface area contributed by atoms with E-state index in [2.05, 4.69) is 67.0 Å². The lowest BCUT2D eigenvalue weighted by Gasteiger charge is -2.37. The molecule has 1 aromatic carbocycles. The Hall–Kier alpha value is -3.40. The van der Waals surface area contributed by atoms with Gasteiger partial charge in [0, 0.05) is 24.2 Å². The summed E-state index contributed by atoms with van der Waals surface area (Å²) in [6.07, 6.45) is 20.2. The third kappa shape index (κ3) is 6.79. The Morgan fingerprint density at radius 1 is 1.15 bits per heavy atom. The fourth-order valence-electron chi connectivity index (χ4n) is 4.32. The summed E-state index contributed by atoms with van der Waals surface area (Å²) in [7, 11) is 0. The molecule has 1 unspecified atom stereocenters. The second-order valence-electron chi connectivity index (χ2n) is 9.39. The molecule has 0 saturated carbocycles. The smallest absolute Gasteiger partial charge is 0.248 e. The molecule has 0 spiro atoms. The van der Waals surface area contributed by atoms with Crippen LogP contribution in [-0.2, 0) is 4.79 Å². The molecule has 1 atom stereocenters. The molecule has 2 aromatic rings. The zero-order valence-corrected chi connectivity index (χ0v) is 20.4. The number of imidazole rings is 1. The minimum absolute atomic E-state index is 0.127. The van der Waals surface area contributed by atoms with Crippen LogP contribution in [0.2, 0.25) is 0 Å². The van der Waals surface area contributed by atoms with E-state index in [1.165, 1.54) is 11.1 Å². The van der Waals surface area contributed by atoms with Crippen LogP contribution in [0.25, 0.3) is 0 Å². The number of anilines is 1. The van der Waals surface area contributed by atoms with Gasteiger partial charge in [-0.15, -0.1) is 0 Å². The molecule has 33 heavy (non-hydrogen) atoms. The maximum absolute atomic E-state index is 12.1. The van der Waals surface area contributed by atoms with Crippen LogP contribution < -0.4 is 5.32 Å². The van der Waals surface area contributed by atoms with Crippen molar-refractivity contribution in [3.63, 3.8) is 0 Å². The molecule has 1 amide bonds. The number of carbonyl (C=O) groups is 1. The number of nitrogens with one attached hydrogen (secondary N) is 1. The van der Waals surface area contributed by atoms with E-state index in [0.717, 1.165) is 29.7 Å². The lowest BCUT2D eigenvalue weighted by atomic mass is 9.71. The van der Waals surface area contributed by atoms with Crippen LogP contribution >= 0.6 is 0 Å². The molecular formula is C29H35N3O. The molecule has 4 nitrogen and oxygen atoms in total. The molecule has 4 heteroatoms. The first-order chi connectivity index (χ1) is 15.8. The maximum atomic E-state index is 12.1. The first-order valence-electron chi connectivity index (χ1n) is 11.5. The summed E-state index contributed by atoms with van der Waals surface area (Å²) in [6, 6.07) is 9.84. The van der Waals surface area contributed by atoms with Gasteiger partial charge in [-0.05, 0) is 67.9 Å². The average Bonchev–Trinajstić information content (AvgIpc) is 3.28. The fourth-order valence-corrected chi connectivity index (χ4v) is 4.32. The van der Waals surface area contributed by atoms with Crippen molar-refractivity contribution >= 4 is 11.6 Å². The van der Waals surface area contributed by atoms with Gasteiger partial charge in [-0.2, -0.15) is 0 Å². The van der Waals surface area contributed by atoms with E-state index in [1.807, 2.05) is 61.9 Å². The highest BCUT2D eigenvalue weighted by atomic mass is 16.1. The van der Waals surface area contributed by atoms with Crippen molar-refractivity contribution in [2.45, 2.75) is 53.5 Å². The maximum Gasteiger partial charge on any atom is 0.248 e. The van der Waals surface area contributed by atoms with Gasteiger partial charge >= 0.3 is 0 Å². The summed E-state index contributed by atoms with van der Waals surface area (Å²) in [5.41, 5.74) is 5.81. The van der Waals surface area contributed by atoms with Gasteiger partial charge in [-0.1, -0.05) is 68.0 Å². The molecule has 1 N–H and O–H groups in total. The Kier molecular flexibility index (Phi) is 8.05. The number of hydrogen-bond donors (Lipinski definition) is 1. The van der Waals surface area contributed by atoms with E-state index >= 15 is 0 Å². The van der Waals surface area contributed by atoms with Gasteiger partial charge in [0.2, 0.25) is 5.91 Å². The highest BCUT2D eigenvalue weighted by Gasteiger charge is 2.32. The topological polar surface area (TPSA) is 46.9 Å². The minimum Gasteiger partial charge on any atom is -0.330 e. The van der Waals surface area contributed by atoms with E-state index in [4.69, 9.17) is 0 Å². The van der Waals surface area contributed by atoms with Gasteiger partial charge in [0.25, 0.3) is 0 Å².